The quantitative estimate of drug-likeness (QED) is 0.830. The predicted molar refractivity (Wildman–Crippen MR) is 57.4 cm³/mol. The minimum Gasteiger partial charge on any atom is -0.376 e. The second-order valence-electron chi connectivity index (χ2n) is 3.78. The number of thiazole rings is 1. The third-order valence-corrected chi connectivity index (χ3v) is 3.46. The maximum Gasteiger partial charge on any atom is 0.0811 e. The summed E-state index contributed by atoms with van der Waals surface area (Å²) in [5.74, 6) is 0.620. The van der Waals surface area contributed by atoms with Crippen molar-refractivity contribution in [2.45, 2.75) is 25.5 Å². The molecule has 2 heterocycles. The van der Waals surface area contributed by atoms with Gasteiger partial charge in [0.15, 0.2) is 0 Å². The third kappa shape index (κ3) is 1.82. The number of likely N-dealkylation sites (N-methyl/N-ethyl adjacent to an activating group) is 1. The molecule has 1 saturated heterocycles. The highest BCUT2D eigenvalue weighted by Gasteiger charge is 2.32. The van der Waals surface area contributed by atoms with Crippen LogP contribution in [0.15, 0.2) is 10.9 Å². The topological polar surface area (TPSA) is 34.2 Å². The van der Waals surface area contributed by atoms with Crippen LogP contribution in [0.4, 0.5) is 0 Å². The first-order valence-electron chi connectivity index (χ1n) is 5.00. The maximum atomic E-state index is 5.74. The van der Waals surface area contributed by atoms with Gasteiger partial charge in [0.05, 0.1) is 23.4 Å². The fourth-order valence-corrected chi connectivity index (χ4v) is 2.59. The van der Waals surface area contributed by atoms with Crippen LogP contribution in [0.1, 0.15) is 25.1 Å². The summed E-state index contributed by atoms with van der Waals surface area (Å²) < 4.78 is 5.74. The van der Waals surface area contributed by atoms with Crippen LogP contribution >= 0.6 is 11.3 Å². The van der Waals surface area contributed by atoms with Gasteiger partial charge in [0, 0.05) is 12.0 Å². The SMILES string of the molecule is CNC(c1cscn1)C1OCCC1C. The first-order chi connectivity index (χ1) is 6.83. The minimum atomic E-state index is 0.249. The van der Waals surface area contributed by atoms with Gasteiger partial charge in [-0.1, -0.05) is 6.92 Å². The van der Waals surface area contributed by atoms with Gasteiger partial charge in [-0.15, -0.1) is 11.3 Å². The van der Waals surface area contributed by atoms with E-state index >= 15 is 0 Å². The Morgan fingerprint density at radius 1 is 1.71 bits per heavy atom. The molecule has 1 aliphatic rings. The number of aromatic nitrogens is 1. The van der Waals surface area contributed by atoms with Crippen molar-refractivity contribution in [3.05, 3.63) is 16.6 Å². The van der Waals surface area contributed by atoms with Gasteiger partial charge in [0.25, 0.3) is 0 Å². The standard InChI is InChI=1S/C10H16N2OS/c1-7-3-4-13-10(7)9(11-2)8-5-14-6-12-8/h5-7,9-11H,3-4H2,1-2H3. The summed E-state index contributed by atoms with van der Waals surface area (Å²) in [7, 11) is 1.97. The van der Waals surface area contributed by atoms with Gasteiger partial charge in [-0.3, -0.25) is 0 Å². The van der Waals surface area contributed by atoms with Crippen LogP contribution in [0.5, 0.6) is 0 Å². The third-order valence-electron chi connectivity index (χ3n) is 2.85. The second kappa shape index (κ2) is 4.38. The van der Waals surface area contributed by atoms with Gasteiger partial charge in [-0.05, 0) is 19.4 Å². The first-order valence-corrected chi connectivity index (χ1v) is 5.94. The predicted octanol–water partition coefficient (Wildman–Crippen LogP) is 1.83. The highest BCUT2D eigenvalue weighted by molar-refractivity contribution is 7.07. The van der Waals surface area contributed by atoms with E-state index in [0.29, 0.717) is 5.92 Å². The van der Waals surface area contributed by atoms with E-state index < -0.39 is 0 Å². The lowest BCUT2D eigenvalue weighted by Crippen LogP contribution is -2.32. The van der Waals surface area contributed by atoms with Crippen molar-refractivity contribution in [1.82, 2.24) is 10.3 Å². The van der Waals surface area contributed by atoms with E-state index in [1.807, 2.05) is 12.6 Å². The molecule has 0 spiro atoms. The van der Waals surface area contributed by atoms with E-state index in [1.165, 1.54) is 0 Å². The lowest BCUT2D eigenvalue weighted by molar-refractivity contribution is 0.0620. The Hall–Kier alpha value is -0.450. The zero-order valence-electron chi connectivity index (χ0n) is 8.56. The summed E-state index contributed by atoms with van der Waals surface area (Å²) in [5.41, 5.74) is 2.98. The number of hydrogen-bond donors (Lipinski definition) is 1. The van der Waals surface area contributed by atoms with Crippen LogP contribution in [-0.4, -0.2) is 24.7 Å². The number of ether oxygens (including phenoxy) is 1. The fourth-order valence-electron chi connectivity index (χ4n) is 2.00. The molecule has 0 aromatic carbocycles. The van der Waals surface area contributed by atoms with E-state index in [1.54, 1.807) is 11.3 Å². The van der Waals surface area contributed by atoms with Crippen molar-refractivity contribution in [2.24, 2.45) is 5.92 Å². The average Bonchev–Trinajstić information content (AvgIpc) is 2.80. The highest BCUT2D eigenvalue weighted by Crippen LogP contribution is 2.30. The van der Waals surface area contributed by atoms with Crippen LogP contribution in [0, 0.1) is 5.92 Å². The van der Waals surface area contributed by atoms with Crippen molar-refractivity contribution in [1.29, 1.82) is 0 Å². The maximum absolute atomic E-state index is 5.74. The normalized spacial score (nSPS) is 29.3. The van der Waals surface area contributed by atoms with Crippen molar-refractivity contribution < 1.29 is 4.74 Å². The van der Waals surface area contributed by atoms with Gasteiger partial charge in [-0.25, -0.2) is 4.98 Å². The van der Waals surface area contributed by atoms with Gasteiger partial charge in [-0.2, -0.15) is 0 Å². The minimum absolute atomic E-state index is 0.249. The van der Waals surface area contributed by atoms with Crippen molar-refractivity contribution >= 4 is 11.3 Å². The van der Waals surface area contributed by atoms with Crippen molar-refractivity contribution in [3.63, 3.8) is 0 Å². The van der Waals surface area contributed by atoms with Crippen LogP contribution in [-0.2, 0) is 4.74 Å². The molecule has 0 bridgehead atoms. The Kier molecular flexibility index (Phi) is 3.15. The van der Waals surface area contributed by atoms with E-state index in [9.17, 15) is 0 Å². The molecule has 1 fully saturated rings. The Bertz CT molecular complexity index is 276. The summed E-state index contributed by atoms with van der Waals surface area (Å²) in [6.45, 7) is 3.13. The summed E-state index contributed by atoms with van der Waals surface area (Å²) in [5, 5.41) is 5.39. The summed E-state index contributed by atoms with van der Waals surface area (Å²) in [4.78, 5) is 4.34. The molecule has 3 atom stereocenters. The molecule has 0 radical (unpaired) electrons. The monoisotopic (exact) mass is 212 g/mol. The molecule has 4 heteroatoms. The molecule has 14 heavy (non-hydrogen) atoms. The summed E-state index contributed by atoms with van der Waals surface area (Å²) >= 11 is 1.64. The van der Waals surface area contributed by atoms with E-state index in [4.69, 9.17) is 4.74 Å². The van der Waals surface area contributed by atoms with E-state index in [2.05, 4.69) is 22.6 Å². The first kappa shape index (κ1) is 10.1. The molecule has 0 amide bonds. The molecule has 78 valence electrons. The lowest BCUT2D eigenvalue weighted by Gasteiger charge is -2.24. The van der Waals surface area contributed by atoms with E-state index in [-0.39, 0.29) is 12.1 Å². The fraction of sp³-hybridized carbons (Fsp3) is 0.700. The molecule has 1 aromatic rings. The Labute approximate surface area is 88.5 Å². The Morgan fingerprint density at radius 2 is 2.57 bits per heavy atom. The second-order valence-corrected chi connectivity index (χ2v) is 4.50. The molecule has 3 unspecified atom stereocenters. The Balaban J connectivity index is 2.13. The zero-order valence-corrected chi connectivity index (χ0v) is 9.38. The molecular formula is C10H16N2OS. The van der Waals surface area contributed by atoms with Gasteiger partial charge < -0.3 is 10.1 Å². The van der Waals surface area contributed by atoms with Crippen LogP contribution < -0.4 is 5.32 Å². The highest BCUT2D eigenvalue weighted by atomic mass is 32.1. The molecule has 3 nitrogen and oxygen atoms in total. The molecular weight excluding hydrogens is 196 g/mol. The zero-order chi connectivity index (χ0) is 9.97. The number of nitrogens with one attached hydrogen (secondary N) is 1. The van der Waals surface area contributed by atoms with Crippen molar-refractivity contribution in [2.75, 3.05) is 13.7 Å². The summed E-state index contributed by atoms with van der Waals surface area (Å²) in [6, 6.07) is 0.249. The van der Waals surface area contributed by atoms with Crippen LogP contribution in [0.2, 0.25) is 0 Å². The summed E-state index contributed by atoms with van der Waals surface area (Å²) in [6.07, 6.45) is 1.44. The van der Waals surface area contributed by atoms with E-state index in [0.717, 1.165) is 18.7 Å². The molecule has 0 aliphatic carbocycles. The molecule has 1 N–H and O–H groups in total. The van der Waals surface area contributed by atoms with Crippen LogP contribution in [0.3, 0.4) is 0 Å². The van der Waals surface area contributed by atoms with Crippen molar-refractivity contribution in [3.8, 4) is 0 Å². The van der Waals surface area contributed by atoms with Gasteiger partial charge >= 0.3 is 0 Å². The lowest BCUT2D eigenvalue weighted by atomic mass is 9.96. The molecule has 1 aliphatic heterocycles. The molecule has 2 rings (SSSR count). The average molecular weight is 212 g/mol. The Morgan fingerprint density at radius 3 is 3.07 bits per heavy atom. The van der Waals surface area contributed by atoms with Crippen LogP contribution in [0.25, 0.3) is 0 Å². The smallest absolute Gasteiger partial charge is 0.0811 e. The molecule has 1 aromatic heterocycles. The number of rotatable bonds is 3. The number of hydrogen-bond acceptors (Lipinski definition) is 4. The van der Waals surface area contributed by atoms with Gasteiger partial charge in [0.2, 0.25) is 0 Å². The number of nitrogens with zero attached hydrogens (tertiary/aromatic N) is 1. The van der Waals surface area contributed by atoms with Gasteiger partial charge in [0.1, 0.15) is 0 Å². The molecule has 0 saturated carbocycles. The largest absolute Gasteiger partial charge is 0.376 e.